The first kappa shape index (κ1) is 29.6. The summed E-state index contributed by atoms with van der Waals surface area (Å²) in [7, 11) is 1.85. The Kier molecular flexibility index (Phi) is 6.68. The number of nitriles is 1. The number of ether oxygens (including phenoxy) is 2. The second-order valence-corrected chi connectivity index (χ2v) is 13.3. The van der Waals surface area contributed by atoms with Crippen molar-refractivity contribution in [3.05, 3.63) is 41.5 Å². The topological polar surface area (TPSA) is 108 Å². The summed E-state index contributed by atoms with van der Waals surface area (Å²) in [6.07, 6.45) is 8.50. The van der Waals surface area contributed by atoms with E-state index < -0.39 is 28.9 Å². The predicted molar refractivity (Wildman–Crippen MR) is 168 cm³/mol. The fourth-order valence-electron chi connectivity index (χ4n) is 8.25. The molecule has 12 heteroatoms. The van der Waals surface area contributed by atoms with E-state index in [1.807, 2.05) is 11.9 Å². The van der Waals surface area contributed by atoms with E-state index in [1.54, 1.807) is 0 Å². The lowest BCUT2D eigenvalue weighted by Crippen LogP contribution is -2.57. The van der Waals surface area contributed by atoms with Gasteiger partial charge in [0, 0.05) is 42.9 Å². The van der Waals surface area contributed by atoms with Crippen LogP contribution in [0.3, 0.4) is 0 Å². The van der Waals surface area contributed by atoms with Gasteiger partial charge in [-0.25, -0.2) is 18.2 Å². The average Bonchev–Trinajstić information content (AvgIpc) is 3.56. The van der Waals surface area contributed by atoms with Crippen LogP contribution in [0.5, 0.6) is 17.6 Å². The summed E-state index contributed by atoms with van der Waals surface area (Å²) in [5.41, 5.74) is -1.37. The van der Waals surface area contributed by atoms with Gasteiger partial charge in [-0.1, -0.05) is 12.0 Å². The number of phenolic OH excluding ortho intramolecular Hbond substituents is 1. The lowest BCUT2D eigenvalue weighted by atomic mass is 9.66. The summed E-state index contributed by atoms with van der Waals surface area (Å²) >= 11 is 0. The van der Waals surface area contributed by atoms with E-state index in [9.17, 15) is 19.1 Å². The van der Waals surface area contributed by atoms with Crippen LogP contribution in [-0.2, 0) is 0 Å². The SMILES string of the molecule is C#Cc1c(F)ccc2cc(O)cc(-c3nc4c5c(nc(OC[C@@]67CCCN6C[C@H](F)C7)nc5c3F)N(C)C3(CCO4)CC(C#N)C3)c12. The van der Waals surface area contributed by atoms with Crippen molar-refractivity contribution in [2.45, 2.75) is 55.8 Å². The van der Waals surface area contributed by atoms with E-state index in [0.29, 0.717) is 43.4 Å². The fraction of sp³-hybridized carbons (Fsp3) is 0.429. The molecule has 2 atom stereocenters. The molecule has 0 amide bonds. The molecule has 4 aliphatic rings. The van der Waals surface area contributed by atoms with Crippen LogP contribution in [0.25, 0.3) is 32.9 Å². The molecular formula is C35H31F3N6O3. The number of halogens is 3. The third kappa shape index (κ3) is 4.45. The van der Waals surface area contributed by atoms with Crippen LogP contribution in [0.15, 0.2) is 24.3 Å². The number of alkyl halides is 1. The summed E-state index contributed by atoms with van der Waals surface area (Å²) in [6, 6.07) is 7.59. The molecule has 0 bridgehead atoms. The van der Waals surface area contributed by atoms with Crippen LogP contribution in [0, 0.1) is 41.2 Å². The summed E-state index contributed by atoms with van der Waals surface area (Å²) in [5.74, 6) is 0.886. The van der Waals surface area contributed by atoms with E-state index in [1.165, 1.54) is 24.3 Å². The van der Waals surface area contributed by atoms with Crippen molar-refractivity contribution < 1.29 is 27.8 Å². The maximum atomic E-state index is 17.0. The number of pyridine rings is 1. The largest absolute Gasteiger partial charge is 0.508 e. The predicted octanol–water partition coefficient (Wildman–Crippen LogP) is 5.66. The molecule has 0 radical (unpaired) electrons. The van der Waals surface area contributed by atoms with Crippen molar-refractivity contribution in [3.63, 3.8) is 0 Å². The number of aromatic nitrogens is 3. The van der Waals surface area contributed by atoms with Gasteiger partial charge in [0.1, 0.15) is 46.8 Å². The molecule has 1 aliphatic carbocycles. The van der Waals surface area contributed by atoms with Crippen molar-refractivity contribution in [2.24, 2.45) is 5.92 Å². The maximum absolute atomic E-state index is 17.0. The fourth-order valence-corrected chi connectivity index (χ4v) is 8.25. The lowest BCUT2D eigenvalue weighted by molar-refractivity contribution is 0.107. The van der Waals surface area contributed by atoms with Gasteiger partial charge in [-0.05, 0) is 55.8 Å². The van der Waals surface area contributed by atoms with Crippen LogP contribution in [-0.4, -0.2) is 75.6 Å². The summed E-state index contributed by atoms with van der Waals surface area (Å²) in [6.45, 7) is 1.48. The van der Waals surface area contributed by atoms with E-state index in [-0.39, 0.29) is 69.9 Å². The van der Waals surface area contributed by atoms with Gasteiger partial charge >= 0.3 is 6.01 Å². The molecule has 8 rings (SSSR count). The Balaban J connectivity index is 1.33. The highest BCUT2D eigenvalue weighted by molar-refractivity contribution is 6.04. The normalized spacial score (nSPS) is 26.7. The molecule has 0 unspecified atom stereocenters. The van der Waals surface area contributed by atoms with Gasteiger partial charge < -0.3 is 19.5 Å². The molecule has 5 heterocycles. The van der Waals surface area contributed by atoms with Gasteiger partial charge in [0.25, 0.3) is 0 Å². The highest BCUT2D eigenvalue weighted by Gasteiger charge is 2.51. The van der Waals surface area contributed by atoms with Gasteiger partial charge in [0.05, 0.1) is 29.7 Å². The molecule has 1 saturated carbocycles. The first-order valence-electron chi connectivity index (χ1n) is 15.8. The van der Waals surface area contributed by atoms with Crippen molar-refractivity contribution in [1.29, 1.82) is 5.26 Å². The number of benzene rings is 2. The summed E-state index contributed by atoms with van der Waals surface area (Å²) in [5, 5.41) is 21.0. The van der Waals surface area contributed by atoms with Gasteiger partial charge in [0.2, 0.25) is 5.88 Å². The Labute approximate surface area is 268 Å². The zero-order chi connectivity index (χ0) is 32.7. The Morgan fingerprint density at radius 1 is 1.15 bits per heavy atom. The minimum atomic E-state index is -0.955. The number of nitrogens with zero attached hydrogens (tertiary/aromatic N) is 6. The Morgan fingerprint density at radius 3 is 2.77 bits per heavy atom. The molecular weight excluding hydrogens is 609 g/mol. The van der Waals surface area contributed by atoms with E-state index in [4.69, 9.17) is 20.9 Å². The van der Waals surface area contributed by atoms with E-state index in [2.05, 4.69) is 26.9 Å². The average molecular weight is 641 g/mol. The Bertz CT molecular complexity index is 2060. The van der Waals surface area contributed by atoms with Crippen molar-refractivity contribution >= 4 is 27.5 Å². The lowest BCUT2D eigenvalue weighted by Gasteiger charge is -2.52. The number of anilines is 1. The number of terminal acetylenes is 1. The molecule has 3 aliphatic heterocycles. The minimum Gasteiger partial charge on any atom is -0.508 e. The first-order chi connectivity index (χ1) is 22.6. The highest BCUT2D eigenvalue weighted by Crippen LogP contribution is 2.50. The molecule has 2 aromatic heterocycles. The third-order valence-corrected chi connectivity index (χ3v) is 10.7. The van der Waals surface area contributed by atoms with Crippen molar-refractivity contribution in [3.8, 4) is 47.3 Å². The number of hydrogen-bond acceptors (Lipinski definition) is 9. The van der Waals surface area contributed by atoms with E-state index >= 15 is 4.39 Å². The second kappa shape index (κ2) is 10.6. The Morgan fingerprint density at radius 2 is 1.98 bits per heavy atom. The smallest absolute Gasteiger partial charge is 0.319 e. The first-order valence-corrected chi connectivity index (χ1v) is 15.8. The monoisotopic (exact) mass is 640 g/mol. The molecule has 1 N–H and O–H groups in total. The standard InChI is InChI=1S/C35H31F3N6O3/c1-3-23-25(37)6-5-20-11-22(45)12-24(26(20)23)29-28(38)30-27-31(43(2)34(13-19(14-34)16-39)8-10-46-32(27)40-29)42-33(41-30)47-18-35-7-4-9-44(35)17-21(36)15-35/h1,5-6,11-12,19,21,45H,4,7-10,13-15,17-18H2,2H3/t19?,21-,34?,35+/m1/s1. The van der Waals surface area contributed by atoms with Crippen LogP contribution in [0.1, 0.15) is 44.1 Å². The van der Waals surface area contributed by atoms with Crippen LogP contribution in [0.4, 0.5) is 19.0 Å². The number of fused-ring (bicyclic) bond motifs is 2. The third-order valence-electron chi connectivity index (χ3n) is 10.7. The maximum Gasteiger partial charge on any atom is 0.319 e. The van der Waals surface area contributed by atoms with Crippen LogP contribution < -0.4 is 14.4 Å². The molecule has 3 fully saturated rings. The van der Waals surface area contributed by atoms with Crippen molar-refractivity contribution in [2.75, 3.05) is 38.3 Å². The summed E-state index contributed by atoms with van der Waals surface area (Å²) in [4.78, 5) is 18.0. The van der Waals surface area contributed by atoms with Crippen molar-refractivity contribution in [1.82, 2.24) is 19.9 Å². The van der Waals surface area contributed by atoms with Crippen LogP contribution in [0.2, 0.25) is 0 Å². The number of rotatable bonds is 4. The molecule has 1 spiro atoms. The zero-order valence-corrected chi connectivity index (χ0v) is 25.7. The molecule has 240 valence electrons. The number of phenols is 1. The molecule has 9 nitrogen and oxygen atoms in total. The zero-order valence-electron chi connectivity index (χ0n) is 25.7. The van der Waals surface area contributed by atoms with Gasteiger partial charge in [0.15, 0.2) is 5.82 Å². The molecule has 47 heavy (non-hydrogen) atoms. The van der Waals surface area contributed by atoms with Gasteiger partial charge in [-0.3, -0.25) is 4.90 Å². The highest BCUT2D eigenvalue weighted by atomic mass is 19.1. The number of hydrogen-bond donors (Lipinski definition) is 1. The van der Waals surface area contributed by atoms with Gasteiger partial charge in [-0.2, -0.15) is 15.2 Å². The van der Waals surface area contributed by atoms with E-state index in [0.717, 1.165) is 19.4 Å². The quantitative estimate of drug-likeness (QED) is 0.283. The number of aromatic hydroxyl groups is 1. The second-order valence-electron chi connectivity index (χ2n) is 13.3. The molecule has 4 aromatic rings. The minimum absolute atomic E-state index is 0.0580. The van der Waals surface area contributed by atoms with Gasteiger partial charge in [-0.15, -0.1) is 6.42 Å². The Hall–Kier alpha value is -4.81. The van der Waals surface area contributed by atoms with Crippen LogP contribution >= 0.6 is 0 Å². The molecule has 2 saturated heterocycles. The molecule has 2 aromatic carbocycles. The summed E-state index contributed by atoms with van der Waals surface area (Å²) < 4.78 is 58.9.